The number of rotatable bonds is 3. The maximum Gasteiger partial charge on any atom is 0.147 e. The first-order valence-electron chi connectivity index (χ1n) is 8.07. The fourth-order valence-electron chi connectivity index (χ4n) is 2.63. The number of nitrogens with zero attached hydrogens (tertiary/aromatic N) is 2. The highest BCUT2D eigenvalue weighted by Gasteiger charge is 2.13. The third kappa shape index (κ3) is 3.50. The number of phenolic OH excluding ortho intramolecular Hbond substituents is 3. The highest BCUT2D eigenvalue weighted by atomic mass is 79.9. The van der Waals surface area contributed by atoms with Gasteiger partial charge in [0.15, 0.2) is 0 Å². The minimum Gasteiger partial charge on any atom is -0.507 e. The molecule has 1 heterocycles. The van der Waals surface area contributed by atoms with Gasteiger partial charge in [0.05, 0.1) is 25.9 Å². The number of halogens is 2. The second kappa shape index (κ2) is 7.54. The Kier molecular flexibility index (Phi) is 5.09. The number of para-hydroxylation sites is 1. The normalized spacial score (nSPS) is 11.5. The van der Waals surface area contributed by atoms with Crippen LogP contribution in [0.1, 0.15) is 5.56 Å². The molecule has 0 bridgehead atoms. The maximum absolute atomic E-state index is 10.4. The average Bonchev–Trinajstić information content (AvgIpc) is 3.12. The first-order chi connectivity index (χ1) is 13.4. The Morgan fingerprint density at radius 3 is 2.50 bits per heavy atom. The Morgan fingerprint density at radius 2 is 1.75 bits per heavy atom. The van der Waals surface area contributed by atoms with Gasteiger partial charge in [0, 0.05) is 17.8 Å². The van der Waals surface area contributed by atoms with Crippen LogP contribution in [0, 0.1) is 0 Å². The van der Waals surface area contributed by atoms with Crippen molar-refractivity contribution in [3.63, 3.8) is 0 Å². The quantitative estimate of drug-likeness (QED) is 0.275. The van der Waals surface area contributed by atoms with Gasteiger partial charge in [-0.25, -0.2) is 4.98 Å². The van der Waals surface area contributed by atoms with Gasteiger partial charge in [0.2, 0.25) is 0 Å². The first-order valence-corrected chi connectivity index (χ1v) is 10.5. The summed E-state index contributed by atoms with van der Waals surface area (Å²) < 4.78 is 1.66. The maximum atomic E-state index is 10.4. The zero-order valence-electron chi connectivity index (χ0n) is 14.1. The van der Waals surface area contributed by atoms with Crippen LogP contribution in [0.25, 0.3) is 20.8 Å². The van der Waals surface area contributed by atoms with Crippen molar-refractivity contribution in [1.82, 2.24) is 4.98 Å². The van der Waals surface area contributed by atoms with Crippen molar-refractivity contribution in [3.8, 4) is 27.8 Å². The summed E-state index contributed by atoms with van der Waals surface area (Å²) in [6, 6.07) is 14.4. The summed E-state index contributed by atoms with van der Waals surface area (Å²) in [6.45, 7) is 0. The molecule has 5 nitrogen and oxygen atoms in total. The van der Waals surface area contributed by atoms with Crippen molar-refractivity contribution in [3.05, 3.63) is 63.0 Å². The summed E-state index contributed by atoms with van der Waals surface area (Å²) in [5.41, 5.74) is 2.45. The predicted octanol–water partition coefficient (Wildman–Crippen LogP) is 6.36. The molecule has 3 N–H and O–H groups in total. The number of aliphatic imine (C=N–C) groups is 1. The number of phenols is 3. The van der Waals surface area contributed by atoms with Crippen molar-refractivity contribution in [1.29, 1.82) is 0 Å². The molecule has 0 amide bonds. The lowest BCUT2D eigenvalue weighted by Crippen LogP contribution is -1.86. The number of aromatic nitrogens is 1. The van der Waals surface area contributed by atoms with Crippen LogP contribution in [-0.4, -0.2) is 26.5 Å². The smallest absolute Gasteiger partial charge is 0.147 e. The minimum absolute atomic E-state index is 0.0750. The first kappa shape index (κ1) is 18.9. The topological polar surface area (TPSA) is 85.9 Å². The van der Waals surface area contributed by atoms with Crippen molar-refractivity contribution in [2.75, 3.05) is 0 Å². The molecule has 0 fully saturated rings. The van der Waals surface area contributed by atoms with E-state index in [0.29, 0.717) is 21.3 Å². The molecule has 0 saturated heterocycles. The van der Waals surface area contributed by atoms with Gasteiger partial charge >= 0.3 is 0 Å². The van der Waals surface area contributed by atoms with Gasteiger partial charge < -0.3 is 15.3 Å². The van der Waals surface area contributed by atoms with Crippen LogP contribution < -0.4 is 0 Å². The molecule has 0 spiro atoms. The van der Waals surface area contributed by atoms with E-state index < -0.39 is 0 Å². The third-order valence-corrected chi connectivity index (χ3v) is 6.48. The van der Waals surface area contributed by atoms with Crippen LogP contribution in [0.4, 0.5) is 5.69 Å². The fourth-order valence-corrected chi connectivity index (χ4v) is 4.78. The molecule has 4 aromatic rings. The predicted molar refractivity (Wildman–Crippen MR) is 119 cm³/mol. The van der Waals surface area contributed by atoms with E-state index in [1.807, 2.05) is 24.3 Å². The molecule has 4 rings (SSSR count). The number of benzene rings is 3. The van der Waals surface area contributed by atoms with Crippen molar-refractivity contribution in [2.45, 2.75) is 0 Å². The number of hydrogen-bond acceptors (Lipinski definition) is 6. The van der Waals surface area contributed by atoms with Crippen LogP contribution in [0.2, 0.25) is 0 Å². The van der Waals surface area contributed by atoms with Gasteiger partial charge in [-0.05, 0) is 62.2 Å². The Balaban J connectivity index is 1.66. The van der Waals surface area contributed by atoms with Crippen molar-refractivity contribution >= 4 is 65.3 Å². The van der Waals surface area contributed by atoms with Gasteiger partial charge in [-0.1, -0.05) is 12.1 Å². The van der Waals surface area contributed by atoms with Gasteiger partial charge in [0.25, 0.3) is 0 Å². The molecule has 0 aliphatic rings. The Bertz CT molecular complexity index is 1200. The van der Waals surface area contributed by atoms with Crippen LogP contribution in [-0.2, 0) is 0 Å². The lowest BCUT2D eigenvalue weighted by Gasteiger charge is -2.06. The summed E-state index contributed by atoms with van der Waals surface area (Å²) in [7, 11) is 0. The number of fused-ring (bicyclic) bond motifs is 1. The standard InChI is InChI=1S/C20H12Br2N2O3S/c21-13-7-10(18(26)17(22)19(13)27)9-23-11-5-6-12(15(25)8-11)20-24-14-3-1-2-4-16(14)28-20/h1-9,25-27H. The molecule has 0 saturated carbocycles. The van der Waals surface area contributed by atoms with Crippen LogP contribution in [0.5, 0.6) is 17.2 Å². The lowest BCUT2D eigenvalue weighted by molar-refractivity contribution is 0.442. The molecule has 0 atom stereocenters. The molecule has 28 heavy (non-hydrogen) atoms. The molecule has 1 aromatic heterocycles. The Hall–Kier alpha value is -2.42. The summed E-state index contributed by atoms with van der Waals surface area (Å²) in [5, 5.41) is 31.1. The second-order valence-corrected chi connectivity index (χ2v) is 8.58. The van der Waals surface area contributed by atoms with E-state index in [0.717, 1.165) is 15.2 Å². The van der Waals surface area contributed by atoms with Gasteiger partial charge in [-0.15, -0.1) is 11.3 Å². The largest absolute Gasteiger partial charge is 0.507 e. The molecule has 8 heteroatoms. The molecular formula is C20H12Br2N2O3S. The number of thiazole rings is 1. The Morgan fingerprint density at radius 1 is 0.964 bits per heavy atom. The van der Waals surface area contributed by atoms with Gasteiger partial charge in [-0.3, -0.25) is 4.99 Å². The average molecular weight is 520 g/mol. The SMILES string of the molecule is Oc1cc(N=Cc2cc(Br)c(O)c(Br)c2O)ccc1-c1nc2ccccc2s1. The highest BCUT2D eigenvalue weighted by molar-refractivity contribution is 9.11. The minimum atomic E-state index is -0.125. The second-order valence-electron chi connectivity index (χ2n) is 5.91. The van der Waals surface area contributed by atoms with Gasteiger partial charge in [-0.2, -0.15) is 0 Å². The fraction of sp³-hybridized carbons (Fsp3) is 0. The van der Waals surface area contributed by atoms with E-state index in [-0.39, 0.29) is 21.7 Å². The zero-order valence-corrected chi connectivity index (χ0v) is 18.1. The molecule has 0 aliphatic heterocycles. The number of aromatic hydroxyl groups is 3. The van der Waals surface area contributed by atoms with Crippen molar-refractivity contribution < 1.29 is 15.3 Å². The van der Waals surface area contributed by atoms with E-state index in [4.69, 9.17) is 0 Å². The highest BCUT2D eigenvalue weighted by Crippen LogP contribution is 2.41. The third-order valence-electron chi connectivity index (χ3n) is 4.06. The van der Waals surface area contributed by atoms with E-state index in [1.54, 1.807) is 24.3 Å². The molecule has 3 aromatic carbocycles. The van der Waals surface area contributed by atoms with E-state index >= 15 is 0 Å². The monoisotopic (exact) mass is 518 g/mol. The van der Waals surface area contributed by atoms with E-state index in [1.165, 1.54) is 17.6 Å². The number of hydrogen-bond donors (Lipinski definition) is 3. The summed E-state index contributed by atoms with van der Waals surface area (Å²) in [6.07, 6.45) is 1.45. The van der Waals surface area contributed by atoms with Crippen LogP contribution >= 0.6 is 43.2 Å². The molecule has 0 unspecified atom stereocenters. The summed E-state index contributed by atoms with van der Waals surface area (Å²) in [5.74, 6) is -0.141. The Labute approximate surface area is 180 Å². The lowest BCUT2D eigenvalue weighted by atomic mass is 10.2. The van der Waals surface area contributed by atoms with Gasteiger partial charge in [0.1, 0.15) is 26.7 Å². The summed E-state index contributed by atoms with van der Waals surface area (Å²) >= 11 is 7.86. The molecular weight excluding hydrogens is 508 g/mol. The van der Waals surface area contributed by atoms with E-state index in [9.17, 15) is 15.3 Å². The molecule has 0 radical (unpaired) electrons. The van der Waals surface area contributed by atoms with Crippen LogP contribution in [0.15, 0.2) is 62.5 Å². The van der Waals surface area contributed by atoms with E-state index in [2.05, 4.69) is 41.8 Å². The summed E-state index contributed by atoms with van der Waals surface area (Å²) in [4.78, 5) is 8.86. The van der Waals surface area contributed by atoms with Crippen LogP contribution in [0.3, 0.4) is 0 Å². The molecule has 140 valence electrons. The zero-order chi connectivity index (χ0) is 19.8. The van der Waals surface area contributed by atoms with Crippen molar-refractivity contribution in [2.24, 2.45) is 4.99 Å². The molecule has 0 aliphatic carbocycles.